The standard InChI is InChI=1S/C13H12N4O/c1-7-3-9(6-14)4-12(18)13(7)11-5-10(15)8(2)16-17-11/h3-5,18H,1-2H3,(H2,15,17). The highest BCUT2D eigenvalue weighted by Crippen LogP contribution is 2.32. The van der Waals surface area contributed by atoms with Crippen molar-refractivity contribution >= 4 is 5.69 Å². The highest BCUT2D eigenvalue weighted by atomic mass is 16.3. The number of phenols is 1. The number of nitrogens with zero attached hydrogens (tertiary/aromatic N) is 3. The Morgan fingerprint density at radius 3 is 2.50 bits per heavy atom. The van der Waals surface area contributed by atoms with Crippen molar-refractivity contribution in [1.29, 1.82) is 5.26 Å². The highest BCUT2D eigenvalue weighted by Gasteiger charge is 2.12. The number of phenolic OH excluding ortho intramolecular Hbond substituents is 1. The van der Waals surface area contributed by atoms with Crippen LogP contribution in [0.4, 0.5) is 5.69 Å². The Labute approximate surface area is 105 Å². The topological polar surface area (TPSA) is 95.8 Å². The molecule has 0 spiro atoms. The molecule has 0 unspecified atom stereocenters. The number of anilines is 1. The molecule has 0 radical (unpaired) electrons. The number of hydrogen-bond acceptors (Lipinski definition) is 5. The van der Waals surface area contributed by atoms with Crippen LogP contribution in [-0.4, -0.2) is 15.3 Å². The molecule has 2 rings (SSSR count). The summed E-state index contributed by atoms with van der Waals surface area (Å²) in [4.78, 5) is 0. The van der Waals surface area contributed by atoms with Crippen LogP contribution in [0.5, 0.6) is 5.75 Å². The summed E-state index contributed by atoms with van der Waals surface area (Å²) in [5.41, 5.74) is 9.14. The fourth-order valence-electron chi connectivity index (χ4n) is 1.76. The van der Waals surface area contributed by atoms with Crippen molar-refractivity contribution in [2.24, 2.45) is 0 Å². The summed E-state index contributed by atoms with van der Waals surface area (Å²) in [6.07, 6.45) is 0. The molecule has 0 fully saturated rings. The largest absolute Gasteiger partial charge is 0.507 e. The van der Waals surface area contributed by atoms with E-state index in [1.165, 1.54) is 6.07 Å². The Morgan fingerprint density at radius 2 is 1.94 bits per heavy atom. The maximum Gasteiger partial charge on any atom is 0.126 e. The molecule has 5 heteroatoms. The van der Waals surface area contributed by atoms with Crippen molar-refractivity contribution in [2.45, 2.75) is 13.8 Å². The van der Waals surface area contributed by atoms with Crippen LogP contribution in [0.3, 0.4) is 0 Å². The van der Waals surface area contributed by atoms with Crippen molar-refractivity contribution in [3.8, 4) is 23.1 Å². The maximum atomic E-state index is 9.96. The second-order valence-electron chi connectivity index (χ2n) is 4.07. The molecule has 18 heavy (non-hydrogen) atoms. The molecular formula is C13H12N4O. The molecule has 0 aliphatic carbocycles. The smallest absolute Gasteiger partial charge is 0.126 e. The fourth-order valence-corrected chi connectivity index (χ4v) is 1.76. The van der Waals surface area contributed by atoms with E-state index in [4.69, 9.17) is 11.0 Å². The third-order valence-corrected chi connectivity index (χ3v) is 2.72. The zero-order valence-corrected chi connectivity index (χ0v) is 10.1. The lowest BCUT2D eigenvalue weighted by Gasteiger charge is -2.09. The van der Waals surface area contributed by atoms with Gasteiger partial charge in [-0.25, -0.2) is 0 Å². The van der Waals surface area contributed by atoms with Crippen LogP contribution in [0.15, 0.2) is 18.2 Å². The quantitative estimate of drug-likeness (QED) is 0.793. The van der Waals surface area contributed by atoms with E-state index >= 15 is 0 Å². The molecule has 0 atom stereocenters. The first-order valence-electron chi connectivity index (χ1n) is 5.37. The zero-order valence-electron chi connectivity index (χ0n) is 10.1. The van der Waals surface area contributed by atoms with Crippen molar-refractivity contribution in [3.63, 3.8) is 0 Å². The first kappa shape index (κ1) is 11.9. The van der Waals surface area contributed by atoms with Gasteiger partial charge in [-0.3, -0.25) is 0 Å². The highest BCUT2D eigenvalue weighted by molar-refractivity contribution is 5.73. The van der Waals surface area contributed by atoms with Gasteiger partial charge in [-0.1, -0.05) is 0 Å². The van der Waals surface area contributed by atoms with Crippen LogP contribution >= 0.6 is 0 Å². The Hall–Kier alpha value is -2.61. The van der Waals surface area contributed by atoms with Gasteiger partial charge in [0, 0.05) is 5.56 Å². The lowest BCUT2D eigenvalue weighted by molar-refractivity contribution is 0.476. The number of benzene rings is 1. The number of aryl methyl sites for hydroxylation is 2. The van der Waals surface area contributed by atoms with E-state index in [0.29, 0.717) is 28.2 Å². The van der Waals surface area contributed by atoms with Gasteiger partial charge >= 0.3 is 0 Å². The molecule has 3 N–H and O–H groups in total. The molecular weight excluding hydrogens is 228 g/mol. The minimum atomic E-state index is 0.00380. The predicted octanol–water partition coefficient (Wildman–Crippen LogP) is 1.92. The summed E-state index contributed by atoms with van der Waals surface area (Å²) in [6, 6.07) is 6.74. The Morgan fingerprint density at radius 1 is 1.22 bits per heavy atom. The summed E-state index contributed by atoms with van der Waals surface area (Å²) in [5, 5.41) is 26.7. The number of rotatable bonds is 1. The van der Waals surface area contributed by atoms with E-state index in [1.54, 1.807) is 26.0 Å². The van der Waals surface area contributed by atoms with Crippen LogP contribution in [0, 0.1) is 25.2 Å². The summed E-state index contributed by atoms with van der Waals surface area (Å²) < 4.78 is 0. The van der Waals surface area contributed by atoms with Gasteiger partial charge < -0.3 is 10.8 Å². The predicted molar refractivity (Wildman–Crippen MR) is 67.7 cm³/mol. The number of nitrogen functional groups attached to an aromatic ring is 1. The summed E-state index contributed by atoms with van der Waals surface area (Å²) >= 11 is 0. The van der Waals surface area contributed by atoms with Gasteiger partial charge in [0.15, 0.2) is 0 Å². The molecule has 90 valence electrons. The Balaban J connectivity index is 2.64. The molecule has 0 amide bonds. The number of hydrogen-bond donors (Lipinski definition) is 2. The third-order valence-electron chi connectivity index (χ3n) is 2.72. The minimum absolute atomic E-state index is 0.00380. The van der Waals surface area contributed by atoms with Crippen LogP contribution < -0.4 is 5.73 Å². The Kier molecular flexibility index (Phi) is 2.86. The van der Waals surface area contributed by atoms with E-state index in [9.17, 15) is 5.11 Å². The van der Waals surface area contributed by atoms with E-state index in [1.807, 2.05) is 6.07 Å². The van der Waals surface area contributed by atoms with Crippen molar-refractivity contribution in [3.05, 3.63) is 35.0 Å². The van der Waals surface area contributed by atoms with Crippen LogP contribution in [0.25, 0.3) is 11.3 Å². The van der Waals surface area contributed by atoms with Gasteiger partial charge in [0.1, 0.15) is 5.75 Å². The number of aromatic nitrogens is 2. The monoisotopic (exact) mass is 240 g/mol. The first-order valence-corrected chi connectivity index (χ1v) is 5.37. The maximum absolute atomic E-state index is 9.96. The van der Waals surface area contributed by atoms with Gasteiger partial charge in [0.2, 0.25) is 0 Å². The van der Waals surface area contributed by atoms with Gasteiger partial charge in [0.25, 0.3) is 0 Å². The molecule has 0 aliphatic heterocycles. The van der Waals surface area contributed by atoms with Crippen LogP contribution in [0.2, 0.25) is 0 Å². The fraction of sp³-hybridized carbons (Fsp3) is 0.154. The number of aromatic hydroxyl groups is 1. The molecule has 1 heterocycles. The summed E-state index contributed by atoms with van der Waals surface area (Å²) in [7, 11) is 0. The lowest BCUT2D eigenvalue weighted by Crippen LogP contribution is -1.98. The molecule has 0 saturated carbocycles. The van der Waals surface area contributed by atoms with Crippen LogP contribution in [0.1, 0.15) is 16.8 Å². The second-order valence-corrected chi connectivity index (χ2v) is 4.07. The van der Waals surface area contributed by atoms with Gasteiger partial charge in [0.05, 0.1) is 28.7 Å². The molecule has 2 aromatic rings. The molecule has 0 aliphatic rings. The van der Waals surface area contributed by atoms with Crippen molar-refractivity contribution in [1.82, 2.24) is 10.2 Å². The minimum Gasteiger partial charge on any atom is -0.507 e. The van der Waals surface area contributed by atoms with Gasteiger partial charge in [-0.15, -0.1) is 5.10 Å². The van der Waals surface area contributed by atoms with Crippen molar-refractivity contribution < 1.29 is 5.11 Å². The normalized spacial score (nSPS) is 10.1. The Bertz CT molecular complexity index is 636. The van der Waals surface area contributed by atoms with E-state index in [2.05, 4.69) is 10.2 Å². The second kappa shape index (κ2) is 4.34. The average Bonchev–Trinajstić information content (AvgIpc) is 2.32. The van der Waals surface area contributed by atoms with Crippen LogP contribution in [-0.2, 0) is 0 Å². The van der Waals surface area contributed by atoms with E-state index < -0.39 is 0 Å². The summed E-state index contributed by atoms with van der Waals surface area (Å²) in [6.45, 7) is 3.56. The molecule has 0 saturated heterocycles. The molecule has 0 bridgehead atoms. The average molecular weight is 240 g/mol. The SMILES string of the molecule is Cc1cc(C#N)cc(O)c1-c1cc(N)c(C)nn1. The third kappa shape index (κ3) is 1.96. The molecule has 5 nitrogen and oxygen atoms in total. The van der Waals surface area contributed by atoms with Crippen molar-refractivity contribution in [2.75, 3.05) is 5.73 Å². The lowest BCUT2D eigenvalue weighted by atomic mass is 10.0. The van der Waals surface area contributed by atoms with E-state index in [-0.39, 0.29) is 5.75 Å². The first-order chi connectivity index (χ1) is 8.52. The van der Waals surface area contributed by atoms with Gasteiger partial charge in [-0.05, 0) is 37.6 Å². The molecule has 1 aromatic carbocycles. The van der Waals surface area contributed by atoms with E-state index in [0.717, 1.165) is 5.56 Å². The number of nitriles is 1. The van der Waals surface area contributed by atoms with Gasteiger partial charge in [-0.2, -0.15) is 10.4 Å². The summed E-state index contributed by atoms with van der Waals surface area (Å²) in [5.74, 6) is 0.00380. The zero-order chi connectivity index (χ0) is 13.3. The number of nitrogens with two attached hydrogens (primary N) is 1. The molecule has 1 aromatic heterocycles.